The molecule has 0 atom stereocenters. The number of nitrogens with one attached hydrogen (secondary N) is 2. The minimum Gasteiger partial charge on any atom is -1.00 e. The molecule has 1 aromatic heterocycles. The molecule has 0 amide bonds. The highest BCUT2D eigenvalue weighted by molar-refractivity contribution is 7.21. The quantitative estimate of drug-likeness (QED) is 0.512. The number of aromatic nitrogens is 1. The number of nitrogens with zero attached hydrogens (tertiary/aromatic N) is 1. The van der Waals surface area contributed by atoms with E-state index in [0.717, 1.165) is 42.6 Å². The van der Waals surface area contributed by atoms with Crippen molar-refractivity contribution in [3.8, 4) is 5.75 Å². The van der Waals surface area contributed by atoms with Crippen molar-refractivity contribution in [3.63, 3.8) is 0 Å². The molecule has 0 saturated heterocycles. The van der Waals surface area contributed by atoms with Crippen molar-refractivity contribution >= 4 is 26.7 Å². The van der Waals surface area contributed by atoms with E-state index < -0.39 is 0 Å². The van der Waals surface area contributed by atoms with Gasteiger partial charge in [0.2, 0.25) is 0 Å². The summed E-state index contributed by atoms with van der Waals surface area (Å²) in [6.45, 7) is 8.57. The van der Waals surface area contributed by atoms with Gasteiger partial charge in [-0.3, -0.25) is 4.90 Å². The Morgan fingerprint density at radius 2 is 1.82 bits per heavy atom. The van der Waals surface area contributed by atoms with E-state index in [9.17, 15) is 0 Å². The van der Waals surface area contributed by atoms with Gasteiger partial charge in [0.1, 0.15) is 18.9 Å². The second-order valence-corrected chi connectivity index (χ2v) is 6.23. The normalized spacial score (nSPS) is 10.6. The first kappa shape index (κ1) is 21.4. The molecule has 0 aliphatic heterocycles. The van der Waals surface area contributed by atoms with E-state index in [1.54, 1.807) is 16.2 Å². The summed E-state index contributed by atoms with van der Waals surface area (Å²) in [6.07, 6.45) is 0. The lowest BCUT2D eigenvalue weighted by Crippen LogP contribution is -3.12. The molecule has 0 radical (unpaired) electrons. The maximum atomic E-state index is 5.87. The summed E-state index contributed by atoms with van der Waals surface area (Å²) < 4.78 is 7.07. The van der Waals surface area contributed by atoms with Gasteiger partial charge < -0.3 is 34.5 Å². The molecule has 22 heavy (non-hydrogen) atoms. The molecule has 0 aliphatic carbocycles. The fourth-order valence-electron chi connectivity index (χ4n) is 2.13. The lowest BCUT2D eigenvalue weighted by Gasteiger charge is -2.15. The number of ether oxygens (including phenoxy) is 1. The van der Waals surface area contributed by atoms with Crippen molar-refractivity contribution < 1.29 is 39.4 Å². The highest BCUT2D eigenvalue weighted by Gasteiger charge is 2.10. The molecule has 2 rings (SSSR count). The number of halogens is 2. The zero-order valence-electron chi connectivity index (χ0n) is 13.6. The second kappa shape index (κ2) is 10.2. The lowest BCUT2D eigenvalue weighted by molar-refractivity contribution is -0.896. The molecule has 126 valence electrons. The van der Waals surface area contributed by atoms with Gasteiger partial charge in [0, 0.05) is 0 Å². The minimum absolute atomic E-state index is 0. The summed E-state index contributed by atoms with van der Waals surface area (Å²) >= 11 is 1.73. The topological polar surface area (TPSA) is 31.0 Å². The van der Waals surface area contributed by atoms with Crippen LogP contribution in [0.15, 0.2) is 18.2 Å². The molecule has 0 fully saturated rings. The Kier molecular flexibility index (Phi) is 9.96. The van der Waals surface area contributed by atoms with Crippen molar-refractivity contribution in [1.82, 2.24) is 4.98 Å². The van der Waals surface area contributed by atoms with Crippen molar-refractivity contribution in [2.24, 2.45) is 0 Å². The van der Waals surface area contributed by atoms with Crippen LogP contribution in [0.25, 0.3) is 10.2 Å². The van der Waals surface area contributed by atoms with Crippen LogP contribution in [-0.4, -0.2) is 45.3 Å². The molecular formula is C15H25Cl2N3OS. The Morgan fingerprint density at radius 3 is 2.41 bits per heavy atom. The van der Waals surface area contributed by atoms with Crippen molar-refractivity contribution in [1.29, 1.82) is 0 Å². The Morgan fingerprint density at radius 1 is 1.14 bits per heavy atom. The van der Waals surface area contributed by atoms with E-state index in [1.807, 2.05) is 6.07 Å². The molecule has 2 N–H and O–H groups in total. The van der Waals surface area contributed by atoms with Crippen LogP contribution in [0.4, 0.5) is 5.13 Å². The smallest absolute Gasteiger partial charge is 0.285 e. The summed E-state index contributed by atoms with van der Waals surface area (Å²) in [4.78, 5) is 7.44. The van der Waals surface area contributed by atoms with Gasteiger partial charge in [-0.2, -0.15) is 4.98 Å². The molecule has 0 spiro atoms. The maximum Gasteiger partial charge on any atom is 0.285 e. The number of fused-ring (bicyclic) bond motifs is 1. The zero-order valence-corrected chi connectivity index (χ0v) is 15.9. The van der Waals surface area contributed by atoms with Crippen LogP contribution >= 0.6 is 11.3 Å². The van der Waals surface area contributed by atoms with Gasteiger partial charge in [0.15, 0.2) is 0 Å². The number of thiazole rings is 1. The molecule has 1 heterocycles. The molecule has 2 aromatic rings. The van der Waals surface area contributed by atoms with E-state index >= 15 is 0 Å². The highest BCUT2D eigenvalue weighted by Crippen LogP contribution is 2.27. The average molecular weight is 366 g/mol. The summed E-state index contributed by atoms with van der Waals surface area (Å²) in [5.74, 6) is 0.952. The summed E-state index contributed by atoms with van der Waals surface area (Å²) in [6, 6.07) is 6.18. The van der Waals surface area contributed by atoms with Crippen LogP contribution in [0.3, 0.4) is 0 Å². The zero-order chi connectivity index (χ0) is 14.5. The first-order chi connectivity index (χ1) is 9.63. The third kappa shape index (κ3) is 5.56. The molecular weight excluding hydrogens is 341 g/mol. The van der Waals surface area contributed by atoms with Crippen molar-refractivity contribution in [2.45, 2.75) is 13.8 Å². The Hall–Kier alpha value is -0.590. The van der Waals surface area contributed by atoms with E-state index in [1.165, 1.54) is 9.60 Å². The van der Waals surface area contributed by atoms with Crippen molar-refractivity contribution in [2.75, 3.05) is 40.3 Å². The summed E-state index contributed by atoms with van der Waals surface area (Å²) in [5, 5.41) is 1.12. The SMILES string of the molecule is CC[NH+](CC)CCOc1ccc2nc([NH+](C)C)sc2c1.[Cl-].[Cl-]. The van der Waals surface area contributed by atoms with E-state index in [4.69, 9.17) is 4.74 Å². The number of hydrogen-bond acceptors (Lipinski definition) is 3. The predicted molar refractivity (Wildman–Crippen MR) is 84.5 cm³/mol. The summed E-state index contributed by atoms with van der Waals surface area (Å²) in [5.41, 5.74) is 1.06. The van der Waals surface area contributed by atoms with Crippen LogP contribution in [0.1, 0.15) is 13.8 Å². The lowest BCUT2D eigenvalue weighted by atomic mass is 10.3. The Bertz CT molecular complexity index is 559. The van der Waals surface area contributed by atoms with Gasteiger partial charge >= 0.3 is 0 Å². The number of benzene rings is 1. The van der Waals surface area contributed by atoms with Gasteiger partial charge in [0.25, 0.3) is 5.13 Å². The summed E-state index contributed by atoms with van der Waals surface area (Å²) in [7, 11) is 4.20. The third-order valence-electron chi connectivity index (χ3n) is 3.51. The van der Waals surface area contributed by atoms with Crippen molar-refractivity contribution in [3.05, 3.63) is 18.2 Å². The standard InChI is InChI=1S/C15H23N3OS.2ClH/c1-5-18(6-2)9-10-19-12-7-8-13-14(11-12)20-15(16-13)17(3)4;;/h7-8,11H,5-6,9-10H2,1-4H3;2*1H. The molecule has 0 unspecified atom stereocenters. The van der Waals surface area contributed by atoms with E-state index in [0.29, 0.717) is 0 Å². The van der Waals surface area contributed by atoms with E-state index in [2.05, 4.69) is 45.1 Å². The Labute approximate surface area is 149 Å². The monoisotopic (exact) mass is 365 g/mol. The number of rotatable bonds is 7. The molecule has 0 saturated carbocycles. The first-order valence-electron chi connectivity index (χ1n) is 7.31. The molecule has 1 aromatic carbocycles. The van der Waals surface area contributed by atoms with Gasteiger partial charge in [-0.15, -0.1) is 0 Å². The fourth-order valence-corrected chi connectivity index (χ4v) is 3.08. The van der Waals surface area contributed by atoms with Crippen LogP contribution in [0, 0.1) is 0 Å². The van der Waals surface area contributed by atoms with Gasteiger partial charge in [-0.05, 0) is 32.0 Å². The molecule has 7 heteroatoms. The van der Waals surface area contributed by atoms with Crippen LogP contribution in [0.5, 0.6) is 5.75 Å². The maximum absolute atomic E-state index is 5.87. The van der Waals surface area contributed by atoms with Crippen LogP contribution in [0.2, 0.25) is 0 Å². The third-order valence-corrected chi connectivity index (χ3v) is 4.75. The van der Waals surface area contributed by atoms with Crippen LogP contribution in [-0.2, 0) is 0 Å². The number of hydrogen-bond donors (Lipinski definition) is 2. The number of quaternary nitrogens is 2. The number of likely N-dealkylation sites (N-methyl/N-ethyl adjacent to an activating group) is 1. The van der Waals surface area contributed by atoms with Gasteiger partial charge in [-0.1, -0.05) is 11.3 Å². The Balaban J connectivity index is 0.00000220. The molecule has 0 aliphatic rings. The largest absolute Gasteiger partial charge is 1.00 e. The van der Waals surface area contributed by atoms with Gasteiger partial charge in [0.05, 0.1) is 37.4 Å². The first-order valence-corrected chi connectivity index (χ1v) is 8.13. The van der Waals surface area contributed by atoms with Crippen LogP contribution < -0.4 is 39.4 Å². The molecule has 0 bridgehead atoms. The average Bonchev–Trinajstić information content (AvgIpc) is 2.87. The van der Waals surface area contributed by atoms with Gasteiger partial charge in [-0.25, -0.2) is 0 Å². The second-order valence-electron chi connectivity index (χ2n) is 5.20. The minimum atomic E-state index is 0. The fraction of sp³-hybridized carbons (Fsp3) is 0.533. The van der Waals surface area contributed by atoms with E-state index in [-0.39, 0.29) is 24.8 Å². The molecule has 4 nitrogen and oxygen atoms in total. The highest BCUT2D eigenvalue weighted by atomic mass is 35.5. The predicted octanol–water partition coefficient (Wildman–Crippen LogP) is -5.62.